The second kappa shape index (κ2) is 9.08. The summed E-state index contributed by atoms with van der Waals surface area (Å²) in [6, 6.07) is 9.79. The van der Waals surface area contributed by atoms with Crippen molar-refractivity contribution in [3.63, 3.8) is 0 Å². The number of para-hydroxylation sites is 1. The number of esters is 1. The summed E-state index contributed by atoms with van der Waals surface area (Å²) in [5, 5.41) is 4.14. The quantitative estimate of drug-likeness (QED) is 0.382. The van der Waals surface area contributed by atoms with Crippen LogP contribution in [0.25, 0.3) is 22.3 Å². The van der Waals surface area contributed by atoms with Crippen LogP contribution in [-0.4, -0.2) is 25.7 Å². The lowest BCUT2D eigenvalue weighted by Crippen LogP contribution is -2.23. The molecule has 11 heteroatoms. The van der Waals surface area contributed by atoms with Crippen molar-refractivity contribution >= 4 is 16.9 Å². The topological polar surface area (TPSA) is 100 Å². The molecule has 4 rings (SSSR count). The van der Waals surface area contributed by atoms with Crippen LogP contribution in [0.3, 0.4) is 0 Å². The maximum Gasteiger partial charge on any atom is 0.416 e. The van der Waals surface area contributed by atoms with Gasteiger partial charge >= 0.3 is 12.1 Å². The van der Waals surface area contributed by atoms with Crippen LogP contribution < -0.4 is 5.56 Å². The molecule has 34 heavy (non-hydrogen) atoms. The molecule has 0 aliphatic heterocycles. The predicted molar refractivity (Wildman–Crippen MR) is 115 cm³/mol. The van der Waals surface area contributed by atoms with Gasteiger partial charge in [0, 0.05) is 12.1 Å². The van der Waals surface area contributed by atoms with Crippen molar-refractivity contribution in [3.05, 3.63) is 76.2 Å². The van der Waals surface area contributed by atoms with Gasteiger partial charge in [0.05, 0.1) is 29.2 Å². The first-order valence-corrected chi connectivity index (χ1v) is 10.3. The molecular weight excluding hydrogens is 453 g/mol. The van der Waals surface area contributed by atoms with Gasteiger partial charge in [-0.25, -0.2) is 4.98 Å². The molecule has 1 atom stereocenters. The molecule has 0 fully saturated rings. The Morgan fingerprint density at radius 3 is 2.74 bits per heavy atom. The van der Waals surface area contributed by atoms with E-state index >= 15 is 0 Å². The number of aromatic nitrogens is 4. The van der Waals surface area contributed by atoms with E-state index in [1.807, 2.05) is 13.0 Å². The van der Waals surface area contributed by atoms with Crippen LogP contribution in [0.1, 0.15) is 36.5 Å². The SMILES string of the molecule is Cc1cccc2c(=O)n(CCC(=O)OC(C)c3nc(-c4cccc(C(F)(F)F)c4)no3)cnc12. The fraction of sp³-hybridized carbons (Fsp3) is 0.261. The van der Waals surface area contributed by atoms with E-state index in [0.717, 1.165) is 17.7 Å². The zero-order valence-corrected chi connectivity index (χ0v) is 18.2. The zero-order chi connectivity index (χ0) is 24.5. The smallest absolute Gasteiger partial charge is 0.416 e. The van der Waals surface area contributed by atoms with Crippen LogP contribution in [0.2, 0.25) is 0 Å². The minimum absolute atomic E-state index is 0.0561. The molecule has 0 amide bonds. The van der Waals surface area contributed by atoms with Crippen molar-refractivity contribution in [2.45, 2.75) is 39.1 Å². The van der Waals surface area contributed by atoms with Crippen molar-refractivity contribution in [2.75, 3.05) is 0 Å². The summed E-state index contributed by atoms with van der Waals surface area (Å²) in [5.74, 6) is -0.753. The summed E-state index contributed by atoms with van der Waals surface area (Å²) in [6.45, 7) is 3.41. The average molecular weight is 472 g/mol. The molecule has 0 aliphatic carbocycles. The number of hydrogen-bond acceptors (Lipinski definition) is 7. The third-order valence-electron chi connectivity index (χ3n) is 5.16. The molecule has 1 unspecified atom stereocenters. The minimum Gasteiger partial charge on any atom is -0.452 e. The number of benzene rings is 2. The second-order valence-electron chi connectivity index (χ2n) is 7.63. The Morgan fingerprint density at radius 2 is 1.97 bits per heavy atom. The van der Waals surface area contributed by atoms with Crippen LogP contribution >= 0.6 is 0 Å². The molecule has 2 aromatic heterocycles. The molecule has 2 aromatic carbocycles. The summed E-state index contributed by atoms with van der Waals surface area (Å²) in [6.07, 6.45) is -4.17. The molecule has 0 spiro atoms. The fourth-order valence-electron chi connectivity index (χ4n) is 3.37. The van der Waals surface area contributed by atoms with E-state index in [-0.39, 0.29) is 35.8 Å². The first kappa shape index (κ1) is 23.1. The number of aryl methyl sites for hydroxylation is 2. The standard InChI is InChI=1S/C23H19F3N4O4/c1-13-5-3-8-17-19(13)27-12-30(22(17)32)10-9-18(31)33-14(2)21-28-20(29-34-21)15-6-4-7-16(11-15)23(24,25)26/h3-8,11-12,14H,9-10H2,1-2H3. The van der Waals surface area contributed by atoms with Crippen molar-refractivity contribution in [1.82, 2.24) is 19.7 Å². The Labute approximate surface area is 191 Å². The number of carbonyl (C=O) groups excluding carboxylic acids is 1. The van der Waals surface area contributed by atoms with Gasteiger partial charge in [-0.3, -0.25) is 14.2 Å². The van der Waals surface area contributed by atoms with Gasteiger partial charge in [0.1, 0.15) is 0 Å². The number of carbonyl (C=O) groups is 1. The van der Waals surface area contributed by atoms with Gasteiger partial charge in [-0.05, 0) is 37.6 Å². The lowest BCUT2D eigenvalue weighted by Gasteiger charge is -2.10. The second-order valence-corrected chi connectivity index (χ2v) is 7.63. The molecule has 0 N–H and O–H groups in total. The summed E-state index contributed by atoms with van der Waals surface area (Å²) < 4.78 is 50.5. The van der Waals surface area contributed by atoms with E-state index < -0.39 is 23.8 Å². The Kier molecular flexibility index (Phi) is 6.18. The molecule has 0 aliphatic rings. The van der Waals surface area contributed by atoms with Crippen molar-refractivity contribution in [3.8, 4) is 11.4 Å². The Morgan fingerprint density at radius 1 is 1.21 bits per heavy atom. The maximum atomic E-state index is 12.9. The highest BCUT2D eigenvalue weighted by Crippen LogP contribution is 2.31. The van der Waals surface area contributed by atoms with E-state index in [1.165, 1.54) is 30.0 Å². The van der Waals surface area contributed by atoms with Crippen LogP contribution in [-0.2, 0) is 22.3 Å². The highest BCUT2D eigenvalue weighted by Gasteiger charge is 2.31. The van der Waals surface area contributed by atoms with E-state index in [1.54, 1.807) is 12.1 Å². The maximum absolute atomic E-state index is 12.9. The highest BCUT2D eigenvalue weighted by atomic mass is 19.4. The Bertz CT molecular complexity index is 1410. The number of fused-ring (bicyclic) bond motifs is 1. The van der Waals surface area contributed by atoms with Crippen LogP contribution in [0.5, 0.6) is 0 Å². The van der Waals surface area contributed by atoms with E-state index in [2.05, 4.69) is 15.1 Å². The highest BCUT2D eigenvalue weighted by molar-refractivity contribution is 5.80. The molecule has 8 nitrogen and oxygen atoms in total. The van der Waals surface area contributed by atoms with Crippen LogP contribution in [0, 0.1) is 6.92 Å². The first-order valence-electron chi connectivity index (χ1n) is 10.3. The summed E-state index contributed by atoms with van der Waals surface area (Å²) in [7, 11) is 0. The lowest BCUT2D eigenvalue weighted by molar-refractivity contribution is -0.150. The van der Waals surface area contributed by atoms with Gasteiger partial charge in [-0.1, -0.05) is 29.4 Å². The van der Waals surface area contributed by atoms with Gasteiger partial charge in [0.2, 0.25) is 5.82 Å². The largest absolute Gasteiger partial charge is 0.452 e. The van der Waals surface area contributed by atoms with Gasteiger partial charge in [-0.2, -0.15) is 18.2 Å². The van der Waals surface area contributed by atoms with Crippen molar-refractivity contribution in [1.29, 1.82) is 0 Å². The van der Waals surface area contributed by atoms with Gasteiger partial charge in [-0.15, -0.1) is 0 Å². The molecule has 0 bridgehead atoms. The van der Waals surface area contributed by atoms with Crippen molar-refractivity contribution < 1.29 is 27.2 Å². The first-order chi connectivity index (χ1) is 16.1. The summed E-state index contributed by atoms with van der Waals surface area (Å²) >= 11 is 0. The molecule has 0 saturated carbocycles. The number of ether oxygens (including phenoxy) is 1. The molecule has 2 heterocycles. The van der Waals surface area contributed by atoms with Gasteiger partial charge < -0.3 is 9.26 Å². The van der Waals surface area contributed by atoms with Crippen LogP contribution in [0.4, 0.5) is 13.2 Å². The number of rotatable bonds is 6. The monoisotopic (exact) mass is 472 g/mol. The fourth-order valence-corrected chi connectivity index (χ4v) is 3.37. The van der Waals surface area contributed by atoms with Crippen molar-refractivity contribution in [2.24, 2.45) is 0 Å². The number of halogens is 3. The Hall–Kier alpha value is -4.02. The normalized spacial score (nSPS) is 12.6. The van der Waals surface area contributed by atoms with Gasteiger partial charge in [0.25, 0.3) is 11.4 Å². The average Bonchev–Trinajstić information content (AvgIpc) is 3.29. The van der Waals surface area contributed by atoms with Crippen LogP contribution in [0.15, 0.2) is 58.1 Å². The van der Waals surface area contributed by atoms with E-state index in [9.17, 15) is 22.8 Å². The van der Waals surface area contributed by atoms with E-state index in [0.29, 0.717) is 10.9 Å². The minimum atomic E-state index is -4.51. The Balaban J connectivity index is 1.40. The molecule has 176 valence electrons. The third kappa shape index (κ3) is 4.82. The number of alkyl halides is 3. The lowest BCUT2D eigenvalue weighted by atomic mass is 10.1. The van der Waals surface area contributed by atoms with E-state index in [4.69, 9.17) is 9.26 Å². The summed E-state index contributed by atoms with van der Waals surface area (Å²) in [4.78, 5) is 33.2. The summed E-state index contributed by atoms with van der Waals surface area (Å²) in [5.41, 5.74) is 0.482. The van der Waals surface area contributed by atoms with Gasteiger partial charge in [0.15, 0.2) is 6.10 Å². The molecule has 4 aromatic rings. The zero-order valence-electron chi connectivity index (χ0n) is 18.2. The molecule has 0 radical (unpaired) electrons. The predicted octanol–water partition coefficient (Wildman–Crippen LogP) is 4.47. The number of hydrogen-bond donors (Lipinski definition) is 0. The molecule has 0 saturated heterocycles. The number of nitrogens with zero attached hydrogens (tertiary/aromatic N) is 4. The molecular formula is C23H19F3N4O4. The third-order valence-corrected chi connectivity index (χ3v) is 5.16.